The molecule has 0 spiro atoms. The number of allylic oxidation sites excluding steroid dienone is 1. The van der Waals surface area contributed by atoms with Crippen LogP contribution < -0.4 is 10.9 Å². The highest BCUT2D eigenvalue weighted by molar-refractivity contribution is 5.85. The average molecular weight is 337 g/mol. The van der Waals surface area contributed by atoms with E-state index < -0.39 is 11.5 Å². The molecule has 3 aromatic rings. The van der Waals surface area contributed by atoms with Gasteiger partial charge in [-0.3, -0.25) is 10.2 Å². The van der Waals surface area contributed by atoms with Crippen molar-refractivity contribution >= 4 is 23.1 Å². The summed E-state index contributed by atoms with van der Waals surface area (Å²) in [5, 5.41) is 18.6. The molecule has 0 radical (unpaired) electrons. The number of fused-ring (bicyclic) bond motifs is 1. The molecule has 25 heavy (non-hydrogen) atoms. The van der Waals surface area contributed by atoms with Crippen LogP contribution >= 0.6 is 0 Å². The summed E-state index contributed by atoms with van der Waals surface area (Å²) in [5.74, 6) is -0.560. The van der Waals surface area contributed by atoms with Crippen LogP contribution in [0.1, 0.15) is 19.4 Å². The third-order valence-electron chi connectivity index (χ3n) is 3.84. The Kier molecular flexibility index (Phi) is 4.49. The number of hydrogen-bond acceptors (Lipinski definition) is 5. The summed E-state index contributed by atoms with van der Waals surface area (Å²) in [5.41, 5.74) is 6.42. The second-order valence-corrected chi connectivity index (χ2v) is 5.85. The Labute approximate surface area is 144 Å². The lowest BCUT2D eigenvalue weighted by atomic mass is 9.95. The molecular formula is C18H19N5O2. The maximum Gasteiger partial charge on any atom is 0.274 e. The molecule has 0 bridgehead atoms. The molecule has 1 aromatic heterocycles. The number of hydrazine groups is 1. The standard InChI is InChI=1S/C18H19N5O2/c1-13(12-23-16-11-7-6-10-15(16)20-22-23)19-21-17(24)18(2,25)14-8-4-3-5-9-14/h3-12,19,25H,1-2H3,(H,21,24). The molecule has 2 aromatic carbocycles. The molecule has 7 nitrogen and oxygen atoms in total. The van der Waals surface area contributed by atoms with Gasteiger partial charge in [0.05, 0.1) is 11.7 Å². The van der Waals surface area contributed by atoms with E-state index in [1.165, 1.54) is 6.92 Å². The molecule has 1 amide bonds. The predicted octanol–water partition coefficient (Wildman–Crippen LogP) is 1.78. The summed E-state index contributed by atoms with van der Waals surface area (Å²) in [4.78, 5) is 12.3. The van der Waals surface area contributed by atoms with Gasteiger partial charge in [-0.15, -0.1) is 5.10 Å². The first-order chi connectivity index (χ1) is 12.0. The summed E-state index contributed by atoms with van der Waals surface area (Å²) in [7, 11) is 0. The maximum absolute atomic E-state index is 12.3. The zero-order valence-electron chi connectivity index (χ0n) is 14.0. The van der Waals surface area contributed by atoms with Crippen LogP contribution in [0.25, 0.3) is 17.2 Å². The topological polar surface area (TPSA) is 92.1 Å². The molecule has 7 heteroatoms. The summed E-state index contributed by atoms with van der Waals surface area (Å²) in [6.45, 7) is 3.22. The molecule has 1 atom stereocenters. The largest absolute Gasteiger partial charge is 0.375 e. The molecule has 0 aliphatic carbocycles. The molecule has 0 aliphatic rings. The Morgan fingerprint density at radius 3 is 2.56 bits per heavy atom. The number of nitrogens with zero attached hydrogens (tertiary/aromatic N) is 3. The number of carbonyl (C=O) groups is 1. The maximum atomic E-state index is 12.3. The molecular weight excluding hydrogens is 318 g/mol. The van der Waals surface area contributed by atoms with Gasteiger partial charge in [0.2, 0.25) is 0 Å². The van der Waals surface area contributed by atoms with E-state index in [0.29, 0.717) is 11.3 Å². The van der Waals surface area contributed by atoms with Gasteiger partial charge in [-0.1, -0.05) is 47.7 Å². The minimum absolute atomic E-state index is 0.512. The van der Waals surface area contributed by atoms with Crippen molar-refractivity contribution in [3.8, 4) is 0 Å². The normalized spacial score (nSPS) is 14.1. The van der Waals surface area contributed by atoms with Gasteiger partial charge in [0, 0.05) is 5.70 Å². The fraction of sp³-hybridized carbons (Fsp3) is 0.167. The third kappa shape index (κ3) is 3.51. The van der Waals surface area contributed by atoms with Crippen LogP contribution in [0.5, 0.6) is 0 Å². The van der Waals surface area contributed by atoms with Crippen LogP contribution in [-0.2, 0) is 10.4 Å². The van der Waals surface area contributed by atoms with Crippen LogP contribution in [0, 0.1) is 0 Å². The minimum Gasteiger partial charge on any atom is -0.375 e. The van der Waals surface area contributed by atoms with E-state index >= 15 is 0 Å². The van der Waals surface area contributed by atoms with Crippen molar-refractivity contribution in [3.05, 3.63) is 65.9 Å². The Morgan fingerprint density at radius 2 is 1.80 bits per heavy atom. The number of hydrogen-bond donors (Lipinski definition) is 3. The summed E-state index contributed by atoms with van der Waals surface area (Å²) in [6.07, 6.45) is 1.70. The van der Waals surface area contributed by atoms with Gasteiger partial charge in [0.15, 0.2) is 5.60 Å². The highest BCUT2D eigenvalue weighted by Gasteiger charge is 2.32. The third-order valence-corrected chi connectivity index (χ3v) is 3.84. The Morgan fingerprint density at radius 1 is 1.12 bits per heavy atom. The number of aromatic nitrogens is 3. The van der Waals surface area contributed by atoms with Crippen LogP contribution in [-0.4, -0.2) is 26.0 Å². The van der Waals surface area contributed by atoms with E-state index in [-0.39, 0.29) is 0 Å². The number of aliphatic hydroxyl groups is 1. The van der Waals surface area contributed by atoms with Crippen LogP contribution in [0.3, 0.4) is 0 Å². The number of benzene rings is 2. The number of para-hydroxylation sites is 1. The van der Waals surface area contributed by atoms with Crippen molar-refractivity contribution in [1.29, 1.82) is 0 Å². The van der Waals surface area contributed by atoms with E-state index in [0.717, 1.165) is 11.0 Å². The van der Waals surface area contributed by atoms with Gasteiger partial charge in [0.25, 0.3) is 5.91 Å². The molecule has 128 valence electrons. The van der Waals surface area contributed by atoms with Crippen molar-refractivity contribution in [2.24, 2.45) is 0 Å². The van der Waals surface area contributed by atoms with Gasteiger partial charge in [0.1, 0.15) is 5.52 Å². The molecule has 3 rings (SSSR count). The van der Waals surface area contributed by atoms with Crippen LogP contribution in [0.4, 0.5) is 0 Å². The molecule has 0 aliphatic heterocycles. The van der Waals surface area contributed by atoms with E-state index in [1.54, 1.807) is 42.1 Å². The van der Waals surface area contributed by atoms with Crippen molar-refractivity contribution in [1.82, 2.24) is 25.8 Å². The van der Waals surface area contributed by atoms with Crippen LogP contribution in [0.2, 0.25) is 0 Å². The van der Waals surface area contributed by atoms with E-state index in [9.17, 15) is 9.90 Å². The number of carbonyl (C=O) groups excluding carboxylic acids is 1. The second kappa shape index (κ2) is 6.74. The highest BCUT2D eigenvalue weighted by atomic mass is 16.3. The zero-order valence-corrected chi connectivity index (χ0v) is 14.0. The molecule has 1 heterocycles. The molecule has 0 saturated heterocycles. The lowest BCUT2D eigenvalue weighted by Gasteiger charge is -2.23. The molecule has 0 fully saturated rings. The van der Waals surface area contributed by atoms with Gasteiger partial charge < -0.3 is 10.5 Å². The molecule has 3 N–H and O–H groups in total. The summed E-state index contributed by atoms with van der Waals surface area (Å²) in [6, 6.07) is 16.3. The molecule has 0 saturated carbocycles. The van der Waals surface area contributed by atoms with E-state index in [4.69, 9.17) is 0 Å². The van der Waals surface area contributed by atoms with Crippen molar-refractivity contribution in [2.75, 3.05) is 0 Å². The first kappa shape index (κ1) is 16.7. The monoisotopic (exact) mass is 337 g/mol. The Balaban J connectivity index is 1.69. The minimum atomic E-state index is -1.64. The smallest absolute Gasteiger partial charge is 0.274 e. The van der Waals surface area contributed by atoms with Crippen molar-refractivity contribution in [3.63, 3.8) is 0 Å². The van der Waals surface area contributed by atoms with Gasteiger partial charge in [-0.2, -0.15) is 0 Å². The van der Waals surface area contributed by atoms with Crippen molar-refractivity contribution < 1.29 is 9.90 Å². The van der Waals surface area contributed by atoms with Gasteiger partial charge in [-0.25, -0.2) is 4.68 Å². The number of amides is 1. The fourth-order valence-electron chi connectivity index (χ4n) is 2.37. The van der Waals surface area contributed by atoms with Gasteiger partial charge >= 0.3 is 0 Å². The SMILES string of the molecule is CC(=Cn1nnc2ccccc21)NNC(=O)C(C)(O)c1ccccc1. The second-order valence-electron chi connectivity index (χ2n) is 5.85. The number of rotatable bonds is 5. The zero-order chi connectivity index (χ0) is 17.9. The van der Waals surface area contributed by atoms with Crippen LogP contribution in [0.15, 0.2) is 60.3 Å². The van der Waals surface area contributed by atoms with Crippen molar-refractivity contribution in [2.45, 2.75) is 19.4 Å². The lowest BCUT2D eigenvalue weighted by molar-refractivity contribution is -0.139. The Bertz CT molecular complexity index is 915. The number of nitrogens with one attached hydrogen (secondary N) is 2. The van der Waals surface area contributed by atoms with E-state index in [1.807, 2.05) is 30.3 Å². The fourth-order valence-corrected chi connectivity index (χ4v) is 2.37. The molecule has 1 unspecified atom stereocenters. The van der Waals surface area contributed by atoms with E-state index in [2.05, 4.69) is 21.2 Å². The predicted molar refractivity (Wildman–Crippen MR) is 94.8 cm³/mol. The first-order valence-corrected chi connectivity index (χ1v) is 7.81. The summed E-state index contributed by atoms with van der Waals surface area (Å²) >= 11 is 0. The first-order valence-electron chi connectivity index (χ1n) is 7.81. The Hall–Kier alpha value is -3.19. The lowest BCUT2D eigenvalue weighted by Crippen LogP contribution is -2.47. The quantitative estimate of drug-likeness (QED) is 0.617. The summed E-state index contributed by atoms with van der Waals surface area (Å²) < 4.78 is 1.61. The average Bonchev–Trinajstić information content (AvgIpc) is 3.03. The highest BCUT2D eigenvalue weighted by Crippen LogP contribution is 2.20. The van der Waals surface area contributed by atoms with Gasteiger partial charge in [-0.05, 0) is 31.5 Å².